The van der Waals surface area contributed by atoms with Crippen molar-refractivity contribution in [2.75, 3.05) is 6.54 Å². The van der Waals surface area contributed by atoms with Crippen LogP contribution in [0.1, 0.15) is 53.0 Å². The molecule has 112 valence electrons. The van der Waals surface area contributed by atoms with Gasteiger partial charge in [-0.15, -0.1) is 0 Å². The van der Waals surface area contributed by atoms with Gasteiger partial charge in [-0.2, -0.15) is 0 Å². The highest BCUT2D eigenvalue weighted by atomic mass is 19.1. The number of rotatable bonds is 4. The fourth-order valence-corrected chi connectivity index (χ4v) is 3.18. The second kappa shape index (κ2) is 5.48. The Balaban J connectivity index is 2.17. The first kappa shape index (κ1) is 15.5. The van der Waals surface area contributed by atoms with E-state index in [1.54, 1.807) is 12.1 Å². The van der Waals surface area contributed by atoms with Crippen molar-refractivity contribution >= 4 is 0 Å². The van der Waals surface area contributed by atoms with Gasteiger partial charge >= 0.3 is 0 Å². The average Bonchev–Trinajstić information content (AvgIpc) is 2.27. The van der Waals surface area contributed by atoms with Gasteiger partial charge in [-0.05, 0) is 41.9 Å². The van der Waals surface area contributed by atoms with Gasteiger partial charge in [-0.3, -0.25) is 0 Å². The Bertz CT molecular complexity index is 435. The highest BCUT2D eigenvalue weighted by molar-refractivity contribution is 5.30. The van der Waals surface area contributed by atoms with Crippen molar-refractivity contribution < 1.29 is 4.39 Å². The van der Waals surface area contributed by atoms with Crippen molar-refractivity contribution in [3.05, 3.63) is 35.6 Å². The van der Waals surface area contributed by atoms with Crippen molar-refractivity contribution in [3.8, 4) is 0 Å². The minimum Gasteiger partial charge on any atom is -0.314 e. The predicted octanol–water partition coefficient (Wildman–Crippen LogP) is 4.52. The fraction of sp³-hybridized carbons (Fsp3) is 0.667. The van der Waals surface area contributed by atoms with E-state index in [1.807, 2.05) is 12.1 Å². The minimum absolute atomic E-state index is 0.146. The van der Waals surface area contributed by atoms with Gasteiger partial charge in [0.15, 0.2) is 0 Å². The van der Waals surface area contributed by atoms with E-state index < -0.39 is 0 Å². The molecule has 1 nitrogen and oxygen atoms in total. The fourth-order valence-electron chi connectivity index (χ4n) is 3.18. The molecule has 0 aromatic heterocycles. The molecule has 0 radical (unpaired) electrons. The maximum atomic E-state index is 13.2. The van der Waals surface area contributed by atoms with E-state index >= 15 is 0 Å². The molecule has 1 fully saturated rings. The van der Waals surface area contributed by atoms with E-state index in [4.69, 9.17) is 0 Å². The Morgan fingerprint density at radius 2 is 1.75 bits per heavy atom. The molecule has 1 aromatic rings. The molecule has 1 N–H and O–H groups in total. The van der Waals surface area contributed by atoms with E-state index in [9.17, 15) is 4.39 Å². The van der Waals surface area contributed by atoms with Crippen LogP contribution in [-0.4, -0.2) is 12.6 Å². The van der Waals surface area contributed by atoms with Crippen LogP contribution in [0.25, 0.3) is 0 Å². The Labute approximate surface area is 123 Å². The van der Waals surface area contributed by atoms with Crippen LogP contribution < -0.4 is 5.32 Å². The van der Waals surface area contributed by atoms with Crippen molar-refractivity contribution in [2.24, 2.45) is 11.3 Å². The largest absolute Gasteiger partial charge is 0.314 e. The number of hydrogen-bond donors (Lipinski definition) is 1. The molecule has 0 unspecified atom stereocenters. The topological polar surface area (TPSA) is 12.0 Å². The van der Waals surface area contributed by atoms with Gasteiger partial charge in [0.25, 0.3) is 0 Å². The summed E-state index contributed by atoms with van der Waals surface area (Å²) < 4.78 is 13.2. The third-order valence-corrected chi connectivity index (χ3v) is 4.80. The van der Waals surface area contributed by atoms with Gasteiger partial charge in [0.05, 0.1) is 0 Å². The van der Waals surface area contributed by atoms with Crippen LogP contribution in [0.3, 0.4) is 0 Å². The van der Waals surface area contributed by atoms with Crippen LogP contribution in [-0.2, 0) is 5.41 Å². The average molecular weight is 277 g/mol. The Morgan fingerprint density at radius 3 is 2.20 bits per heavy atom. The maximum Gasteiger partial charge on any atom is 0.123 e. The molecule has 1 aliphatic rings. The number of hydrogen-bond acceptors (Lipinski definition) is 1. The van der Waals surface area contributed by atoms with E-state index in [1.165, 1.54) is 18.4 Å². The lowest BCUT2D eigenvalue weighted by Gasteiger charge is -2.54. The highest BCUT2D eigenvalue weighted by Gasteiger charge is 2.49. The molecule has 1 saturated carbocycles. The Morgan fingerprint density at radius 1 is 1.20 bits per heavy atom. The molecule has 20 heavy (non-hydrogen) atoms. The standard InChI is InChI=1S/C18H28FN/c1-13(2)20-12-18(10-15(11-18)17(3,4)5)14-6-8-16(19)9-7-14/h6-9,13,15,20H,10-12H2,1-5H3. The van der Waals surface area contributed by atoms with Crippen LogP contribution in [0.5, 0.6) is 0 Å². The molecule has 0 spiro atoms. The molecule has 0 heterocycles. The summed E-state index contributed by atoms with van der Waals surface area (Å²) in [4.78, 5) is 0. The smallest absolute Gasteiger partial charge is 0.123 e. The number of nitrogens with one attached hydrogen (secondary N) is 1. The van der Waals surface area contributed by atoms with Gasteiger partial charge in [-0.1, -0.05) is 46.8 Å². The van der Waals surface area contributed by atoms with Crippen molar-refractivity contribution in [2.45, 2.75) is 58.9 Å². The van der Waals surface area contributed by atoms with Crippen LogP contribution in [0.2, 0.25) is 0 Å². The first-order chi connectivity index (χ1) is 9.23. The van der Waals surface area contributed by atoms with Crippen molar-refractivity contribution in [3.63, 3.8) is 0 Å². The van der Waals surface area contributed by atoms with E-state index in [-0.39, 0.29) is 11.2 Å². The molecule has 2 rings (SSSR count). The Kier molecular flexibility index (Phi) is 4.24. The van der Waals surface area contributed by atoms with Crippen LogP contribution in [0.4, 0.5) is 4.39 Å². The number of halogens is 1. The minimum atomic E-state index is -0.146. The third-order valence-electron chi connectivity index (χ3n) is 4.80. The van der Waals surface area contributed by atoms with Crippen LogP contribution in [0, 0.1) is 17.2 Å². The predicted molar refractivity (Wildman–Crippen MR) is 83.4 cm³/mol. The van der Waals surface area contributed by atoms with Gasteiger partial charge in [0, 0.05) is 18.0 Å². The third kappa shape index (κ3) is 3.22. The molecule has 0 bridgehead atoms. The molecule has 0 atom stereocenters. The summed E-state index contributed by atoms with van der Waals surface area (Å²) in [5.74, 6) is 0.605. The molecule has 0 saturated heterocycles. The molecule has 0 aliphatic heterocycles. The highest BCUT2D eigenvalue weighted by Crippen LogP contribution is 2.54. The van der Waals surface area contributed by atoms with Crippen molar-refractivity contribution in [1.29, 1.82) is 0 Å². The molecular weight excluding hydrogens is 249 g/mol. The lowest BCUT2D eigenvalue weighted by atomic mass is 9.52. The van der Waals surface area contributed by atoms with Gasteiger partial charge in [0.1, 0.15) is 5.82 Å². The van der Waals surface area contributed by atoms with Crippen LogP contribution in [0.15, 0.2) is 24.3 Å². The van der Waals surface area contributed by atoms with E-state index in [2.05, 4.69) is 39.9 Å². The maximum absolute atomic E-state index is 13.2. The number of benzene rings is 1. The zero-order chi connectivity index (χ0) is 15.0. The lowest BCUT2D eigenvalue weighted by Crippen LogP contribution is -2.52. The monoisotopic (exact) mass is 277 g/mol. The van der Waals surface area contributed by atoms with Gasteiger partial charge in [0.2, 0.25) is 0 Å². The normalized spacial score (nSPS) is 26.6. The Hall–Kier alpha value is -0.890. The van der Waals surface area contributed by atoms with Gasteiger partial charge in [-0.25, -0.2) is 4.39 Å². The second-order valence-electron chi connectivity index (χ2n) is 7.79. The molecule has 1 aliphatic carbocycles. The summed E-state index contributed by atoms with van der Waals surface area (Å²) >= 11 is 0. The molecular formula is C18H28FN. The first-order valence-electron chi connectivity index (χ1n) is 7.72. The first-order valence-corrected chi connectivity index (χ1v) is 7.72. The molecule has 2 heteroatoms. The summed E-state index contributed by atoms with van der Waals surface area (Å²) in [5, 5.41) is 3.58. The lowest BCUT2D eigenvalue weighted by molar-refractivity contribution is 0.0437. The summed E-state index contributed by atoms with van der Waals surface area (Å²) in [6.07, 6.45) is 2.39. The van der Waals surface area contributed by atoms with E-state index in [0.717, 1.165) is 12.5 Å². The summed E-state index contributed by atoms with van der Waals surface area (Å²) in [5.41, 5.74) is 1.84. The SMILES string of the molecule is CC(C)NCC1(c2ccc(F)cc2)CC(C(C)(C)C)C1. The summed E-state index contributed by atoms with van der Waals surface area (Å²) in [6, 6.07) is 7.61. The van der Waals surface area contributed by atoms with Gasteiger partial charge < -0.3 is 5.32 Å². The zero-order valence-electron chi connectivity index (χ0n) is 13.5. The zero-order valence-corrected chi connectivity index (χ0v) is 13.5. The summed E-state index contributed by atoms with van der Waals surface area (Å²) in [6.45, 7) is 12.3. The molecule has 0 amide bonds. The molecule has 1 aromatic carbocycles. The second-order valence-corrected chi connectivity index (χ2v) is 7.79. The van der Waals surface area contributed by atoms with E-state index in [0.29, 0.717) is 11.5 Å². The quantitative estimate of drug-likeness (QED) is 0.853. The van der Waals surface area contributed by atoms with Crippen LogP contribution >= 0.6 is 0 Å². The summed E-state index contributed by atoms with van der Waals surface area (Å²) in [7, 11) is 0. The van der Waals surface area contributed by atoms with Crippen molar-refractivity contribution in [1.82, 2.24) is 5.32 Å².